The second kappa shape index (κ2) is 6.55. The number of benzene rings is 1. The van der Waals surface area contributed by atoms with Gasteiger partial charge >= 0.3 is 0 Å². The van der Waals surface area contributed by atoms with E-state index in [4.69, 9.17) is 0 Å². The standard InChI is InChI=1S/C15H24BrN/c1-5-15(3,4)14(17-6-2)11-12-9-7-8-10-13(12)16/h7-10,14,17H,5-6,11H2,1-4H3. The lowest BCUT2D eigenvalue weighted by atomic mass is 9.79. The van der Waals surface area contributed by atoms with Gasteiger partial charge in [0.25, 0.3) is 0 Å². The Hall–Kier alpha value is -0.340. The average molecular weight is 298 g/mol. The summed E-state index contributed by atoms with van der Waals surface area (Å²) in [5.41, 5.74) is 1.71. The molecule has 0 aliphatic carbocycles. The molecule has 96 valence electrons. The van der Waals surface area contributed by atoms with Crippen LogP contribution in [0, 0.1) is 5.41 Å². The minimum Gasteiger partial charge on any atom is -0.313 e. The van der Waals surface area contributed by atoms with Crippen molar-refractivity contribution in [2.24, 2.45) is 5.41 Å². The zero-order valence-electron chi connectivity index (χ0n) is 11.4. The summed E-state index contributed by atoms with van der Waals surface area (Å²) in [5, 5.41) is 3.63. The molecule has 1 aromatic rings. The molecule has 0 fully saturated rings. The molecule has 1 aromatic carbocycles. The molecule has 0 aliphatic heterocycles. The van der Waals surface area contributed by atoms with E-state index in [0.717, 1.165) is 13.0 Å². The van der Waals surface area contributed by atoms with Gasteiger partial charge in [-0.2, -0.15) is 0 Å². The molecule has 1 atom stereocenters. The predicted octanol–water partition coefficient (Wildman–Crippen LogP) is 4.41. The maximum atomic E-state index is 3.64. The van der Waals surface area contributed by atoms with Crippen molar-refractivity contribution in [2.75, 3.05) is 6.54 Å². The number of halogens is 1. The first kappa shape index (κ1) is 14.7. The lowest BCUT2D eigenvalue weighted by Crippen LogP contribution is -2.43. The van der Waals surface area contributed by atoms with Crippen LogP contribution in [0.2, 0.25) is 0 Å². The van der Waals surface area contributed by atoms with Gasteiger partial charge in [0.15, 0.2) is 0 Å². The monoisotopic (exact) mass is 297 g/mol. The third kappa shape index (κ3) is 4.11. The fourth-order valence-corrected chi connectivity index (χ4v) is 2.45. The second-order valence-corrected chi connectivity index (χ2v) is 6.10. The van der Waals surface area contributed by atoms with E-state index in [9.17, 15) is 0 Å². The first-order valence-corrected chi connectivity index (χ1v) is 7.27. The number of likely N-dealkylation sites (N-methyl/N-ethyl adjacent to an activating group) is 1. The Morgan fingerprint density at radius 1 is 1.24 bits per heavy atom. The van der Waals surface area contributed by atoms with E-state index < -0.39 is 0 Å². The Morgan fingerprint density at radius 2 is 1.88 bits per heavy atom. The number of hydrogen-bond acceptors (Lipinski definition) is 1. The maximum absolute atomic E-state index is 3.64. The Kier molecular flexibility index (Phi) is 5.68. The largest absolute Gasteiger partial charge is 0.313 e. The Labute approximate surface area is 114 Å². The topological polar surface area (TPSA) is 12.0 Å². The van der Waals surface area contributed by atoms with E-state index in [2.05, 4.69) is 73.2 Å². The molecule has 2 heteroatoms. The summed E-state index contributed by atoms with van der Waals surface area (Å²) in [4.78, 5) is 0. The van der Waals surface area contributed by atoms with Crippen LogP contribution < -0.4 is 5.32 Å². The van der Waals surface area contributed by atoms with Crippen LogP contribution in [-0.2, 0) is 6.42 Å². The van der Waals surface area contributed by atoms with Crippen LogP contribution in [-0.4, -0.2) is 12.6 Å². The molecule has 1 N–H and O–H groups in total. The normalized spacial score (nSPS) is 13.7. The van der Waals surface area contributed by atoms with E-state index >= 15 is 0 Å². The smallest absolute Gasteiger partial charge is 0.0207 e. The molecule has 0 aromatic heterocycles. The van der Waals surface area contributed by atoms with E-state index in [-0.39, 0.29) is 0 Å². The Bertz CT molecular complexity index is 347. The fraction of sp³-hybridized carbons (Fsp3) is 0.600. The van der Waals surface area contributed by atoms with Crippen molar-refractivity contribution >= 4 is 15.9 Å². The molecular weight excluding hydrogens is 274 g/mol. The van der Waals surface area contributed by atoms with Crippen LogP contribution in [0.5, 0.6) is 0 Å². The highest BCUT2D eigenvalue weighted by atomic mass is 79.9. The summed E-state index contributed by atoms with van der Waals surface area (Å²) in [6.07, 6.45) is 2.27. The van der Waals surface area contributed by atoms with Crippen molar-refractivity contribution in [1.82, 2.24) is 5.32 Å². The van der Waals surface area contributed by atoms with Crippen molar-refractivity contribution in [1.29, 1.82) is 0 Å². The molecular formula is C15H24BrN. The van der Waals surface area contributed by atoms with Crippen LogP contribution in [0.1, 0.15) is 39.7 Å². The molecule has 0 saturated carbocycles. The van der Waals surface area contributed by atoms with E-state index in [1.54, 1.807) is 0 Å². The zero-order valence-corrected chi connectivity index (χ0v) is 13.0. The van der Waals surface area contributed by atoms with Crippen molar-refractivity contribution < 1.29 is 0 Å². The highest BCUT2D eigenvalue weighted by Gasteiger charge is 2.27. The van der Waals surface area contributed by atoms with Gasteiger partial charge in [0.2, 0.25) is 0 Å². The summed E-state index contributed by atoms with van der Waals surface area (Å²) in [6.45, 7) is 10.2. The van der Waals surface area contributed by atoms with Crippen LogP contribution in [0.15, 0.2) is 28.7 Å². The van der Waals surface area contributed by atoms with Gasteiger partial charge in [0.05, 0.1) is 0 Å². The summed E-state index contributed by atoms with van der Waals surface area (Å²) in [6, 6.07) is 9.04. The van der Waals surface area contributed by atoms with Gasteiger partial charge in [-0.3, -0.25) is 0 Å². The first-order valence-electron chi connectivity index (χ1n) is 6.48. The van der Waals surface area contributed by atoms with Crippen LogP contribution in [0.25, 0.3) is 0 Å². The molecule has 0 spiro atoms. The number of hydrogen-bond donors (Lipinski definition) is 1. The van der Waals surface area contributed by atoms with Gasteiger partial charge in [-0.1, -0.05) is 61.8 Å². The van der Waals surface area contributed by atoms with Gasteiger partial charge in [0, 0.05) is 10.5 Å². The summed E-state index contributed by atoms with van der Waals surface area (Å²) in [5.74, 6) is 0. The molecule has 0 heterocycles. The predicted molar refractivity (Wildman–Crippen MR) is 79.4 cm³/mol. The minimum atomic E-state index is 0.325. The van der Waals surface area contributed by atoms with E-state index in [0.29, 0.717) is 11.5 Å². The van der Waals surface area contributed by atoms with Crippen molar-refractivity contribution in [3.63, 3.8) is 0 Å². The van der Waals surface area contributed by atoms with E-state index in [1.807, 2.05) is 0 Å². The second-order valence-electron chi connectivity index (χ2n) is 5.25. The Balaban J connectivity index is 2.84. The summed E-state index contributed by atoms with van der Waals surface area (Å²) >= 11 is 3.64. The molecule has 1 unspecified atom stereocenters. The van der Waals surface area contributed by atoms with Gasteiger partial charge < -0.3 is 5.32 Å². The van der Waals surface area contributed by atoms with E-state index in [1.165, 1.54) is 16.5 Å². The molecule has 0 amide bonds. The quantitative estimate of drug-likeness (QED) is 0.820. The third-order valence-corrected chi connectivity index (χ3v) is 4.46. The zero-order chi connectivity index (χ0) is 12.9. The van der Waals surface area contributed by atoms with Gasteiger partial charge in [-0.25, -0.2) is 0 Å². The Morgan fingerprint density at radius 3 is 2.41 bits per heavy atom. The number of nitrogens with one attached hydrogen (secondary N) is 1. The molecule has 1 rings (SSSR count). The van der Waals surface area contributed by atoms with Gasteiger partial charge in [0.1, 0.15) is 0 Å². The summed E-state index contributed by atoms with van der Waals surface area (Å²) in [7, 11) is 0. The molecule has 1 nitrogen and oxygen atoms in total. The summed E-state index contributed by atoms with van der Waals surface area (Å²) < 4.78 is 1.22. The van der Waals surface area contributed by atoms with Crippen LogP contribution in [0.4, 0.5) is 0 Å². The number of rotatable bonds is 6. The van der Waals surface area contributed by atoms with Gasteiger partial charge in [-0.15, -0.1) is 0 Å². The first-order chi connectivity index (χ1) is 8.01. The lowest BCUT2D eigenvalue weighted by Gasteiger charge is -2.34. The molecule has 17 heavy (non-hydrogen) atoms. The van der Waals surface area contributed by atoms with Crippen LogP contribution in [0.3, 0.4) is 0 Å². The molecule has 0 saturated heterocycles. The highest BCUT2D eigenvalue weighted by molar-refractivity contribution is 9.10. The van der Waals surface area contributed by atoms with Crippen molar-refractivity contribution in [3.05, 3.63) is 34.3 Å². The maximum Gasteiger partial charge on any atom is 0.0207 e. The molecule has 0 aliphatic rings. The van der Waals surface area contributed by atoms with Gasteiger partial charge in [-0.05, 0) is 36.4 Å². The SMILES string of the molecule is CCNC(Cc1ccccc1Br)C(C)(C)CC. The fourth-order valence-electron chi connectivity index (χ4n) is 2.00. The van der Waals surface area contributed by atoms with Crippen molar-refractivity contribution in [2.45, 2.75) is 46.6 Å². The van der Waals surface area contributed by atoms with Crippen molar-refractivity contribution in [3.8, 4) is 0 Å². The lowest BCUT2D eigenvalue weighted by molar-refractivity contribution is 0.232. The minimum absolute atomic E-state index is 0.325. The molecule has 0 bridgehead atoms. The third-order valence-electron chi connectivity index (χ3n) is 3.69. The highest BCUT2D eigenvalue weighted by Crippen LogP contribution is 2.29. The average Bonchev–Trinajstić information content (AvgIpc) is 2.31. The molecule has 0 radical (unpaired) electrons. The van der Waals surface area contributed by atoms with Crippen LogP contribution >= 0.6 is 15.9 Å².